The van der Waals surface area contributed by atoms with Crippen molar-refractivity contribution in [3.05, 3.63) is 0 Å². The Morgan fingerprint density at radius 1 is 1.19 bits per heavy atom. The van der Waals surface area contributed by atoms with E-state index in [2.05, 4.69) is 9.61 Å². The van der Waals surface area contributed by atoms with Gasteiger partial charge in [-0.25, -0.2) is 0 Å². The standard InChI is InChI=1S/C8H10Cl3NO4/c9-6(13)2-1-5(8(10)15)12-7(14)3-4-16-11/h5H,1-4H2,(H,12,14)/t5-/m0/s1. The van der Waals surface area contributed by atoms with Crippen LogP contribution >= 0.6 is 35.1 Å². The van der Waals surface area contributed by atoms with Crippen molar-refractivity contribution in [3.8, 4) is 0 Å². The van der Waals surface area contributed by atoms with Crippen LogP contribution in [-0.2, 0) is 18.7 Å². The van der Waals surface area contributed by atoms with Gasteiger partial charge in [0.1, 0.15) is 6.04 Å². The average Bonchev–Trinajstić information content (AvgIpc) is 2.20. The van der Waals surface area contributed by atoms with E-state index in [1.165, 1.54) is 0 Å². The topological polar surface area (TPSA) is 72.5 Å². The molecule has 0 unspecified atom stereocenters. The molecule has 0 radical (unpaired) electrons. The molecule has 0 fully saturated rings. The van der Waals surface area contributed by atoms with E-state index in [9.17, 15) is 14.4 Å². The van der Waals surface area contributed by atoms with Crippen molar-refractivity contribution >= 4 is 51.5 Å². The highest BCUT2D eigenvalue weighted by Crippen LogP contribution is 2.04. The summed E-state index contributed by atoms with van der Waals surface area (Å²) in [5.41, 5.74) is 0. The molecule has 0 aliphatic rings. The van der Waals surface area contributed by atoms with Crippen molar-refractivity contribution in [1.29, 1.82) is 0 Å². The highest BCUT2D eigenvalue weighted by molar-refractivity contribution is 6.65. The maximum atomic E-state index is 11.2. The van der Waals surface area contributed by atoms with E-state index in [1.54, 1.807) is 0 Å². The van der Waals surface area contributed by atoms with Crippen LogP contribution in [0.3, 0.4) is 0 Å². The quantitative estimate of drug-likeness (QED) is 0.685. The number of rotatable bonds is 8. The number of hydrogen-bond acceptors (Lipinski definition) is 4. The van der Waals surface area contributed by atoms with Gasteiger partial charge in [-0.3, -0.25) is 18.7 Å². The van der Waals surface area contributed by atoms with E-state index in [1.807, 2.05) is 0 Å². The lowest BCUT2D eigenvalue weighted by Crippen LogP contribution is -2.39. The molecule has 0 aromatic heterocycles. The zero-order chi connectivity index (χ0) is 12.6. The van der Waals surface area contributed by atoms with Crippen LogP contribution < -0.4 is 5.32 Å². The van der Waals surface area contributed by atoms with Crippen LogP contribution in [0.1, 0.15) is 19.3 Å². The molecule has 0 aromatic rings. The zero-order valence-corrected chi connectivity index (χ0v) is 10.4. The van der Waals surface area contributed by atoms with Crippen LogP contribution in [0.25, 0.3) is 0 Å². The molecule has 0 aliphatic carbocycles. The second kappa shape index (κ2) is 8.75. The van der Waals surface area contributed by atoms with Gasteiger partial charge in [0, 0.05) is 6.42 Å². The lowest BCUT2D eigenvalue weighted by atomic mass is 10.2. The molecule has 0 saturated heterocycles. The van der Waals surface area contributed by atoms with Crippen molar-refractivity contribution in [2.75, 3.05) is 6.61 Å². The van der Waals surface area contributed by atoms with Gasteiger partial charge in [-0.1, -0.05) is 0 Å². The third-order valence-corrected chi connectivity index (χ3v) is 2.25. The fourth-order valence-electron chi connectivity index (χ4n) is 0.898. The summed E-state index contributed by atoms with van der Waals surface area (Å²) in [7, 11) is 0. The van der Waals surface area contributed by atoms with Crippen LogP contribution in [0.15, 0.2) is 0 Å². The molecule has 0 bridgehead atoms. The lowest BCUT2D eigenvalue weighted by molar-refractivity contribution is -0.125. The number of carbonyl (C=O) groups is 3. The molecular formula is C8H10Cl3NO4. The molecule has 1 atom stereocenters. The molecule has 0 saturated carbocycles. The first kappa shape index (κ1) is 15.6. The monoisotopic (exact) mass is 289 g/mol. The maximum Gasteiger partial charge on any atom is 0.244 e. The Morgan fingerprint density at radius 2 is 1.81 bits per heavy atom. The van der Waals surface area contributed by atoms with Crippen LogP contribution in [-0.4, -0.2) is 29.0 Å². The largest absolute Gasteiger partial charge is 0.345 e. The highest BCUT2D eigenvalue weighted by Gasteiger charge is 2.19. The van der Waals surface area contributed by atoms with E-state index in [4.69, 9.17) is 35.1 Å². The summed E-state index contributed by atoms with van der Waals surface area (Å²) in [6.07, 6.45) is 0.0219. The Hall–Kier alpha value is -0.360. The fourth-order valence-corrected chi connectivity index (χ4v) is 1.25. The number of halogens is 3. The molecule has 16 heavy (non-hydrogen) atoms. The Morgan fingerprint density at radius 3 is 2.25 bits per heavy atom. The number of carbonyl (C=O) groups excluding carboxylic acids is 3. The molecule has 92 valence electrons. The van der Waals surface area contributed by atoms with E-state index in [-0.39, 0.29) is 25.9 Å². The SMILES string of the molecule is O=C(Cl)CC[C@H](NC(=O)CCOCl)C(=O)Cl. The van der Waals surface area contributed by atoms with Crippen LogP contribution in [0.2, 0.25) is 0 Å². The number of amides is 1. The Balaban J connectivity index is 4.07. The average molecular weight is 291 g/mol. The minimum Gasteiger partial charge on any atom is -0.345 e. The second-order valence-corrected chi connectivity index (χ2v) is 3.89. The fraction of sp³-hybridized carbons (Fsp3) is 0.625. The first-order chi connectivity index (χ1) is 7.47. The molecular weight excluding hydrogens is 280 g/mol. The lowest BCUT2D eigenvalue weighted by Gasteiger charge is -2.13. The zero-order valence-electron chi connectivity index (χ0n) is 8.17. The maximum absolute atomic E-state index is 11.2. The van der Waals surface area contributed by atoms with Crippen molar-refractivity contribution in [2.24, 2.45) is 0 Å². The minimum atomic E-state index is -0.924. The summed E-state index contributed by atoms with van der Waals surface area (Å²) in [6.45, 7) is 0.0189. The predicted molar refractivity (Wildman–Crippen MR) is 59.3 cm³/mol. The summed E-state index contributed by atoms with van der Waals surface area (Å²) in [5, 5.41) is 0.989. The Labute approximate surface area is 108 Å². The van der Waals surface area contributed by atoms with Crippen LogP contribution in [0.4, 0.5) is 0 Å². The van der Waals surface area contributed by atoms with E-state index < -0.39 is 22.4 Å². The Bertz CT molecular complexity index is 272. The third-order valence-electron chi connectivity index (χ3n) is 1.65. The first-order valence-corrected chi connectivity index (χ1v) is 5.44. The summed E-state index contributed by atoms with van der Waals surface area (Å²) in [4.78, 5) is 32.6. The first-order valence-electron chi connectivity index (χ1n) is 4.38. The van der Waals surface area contributed by atoms with E-state index in [0.29, 0.717) is 0 Å². The smallest absolute Gasteiger partial charge is 0.244 e. The molecule has 1 N–H and O–H groups in total. The van der Waals surface area contributed by atoms with Gasteiger partial charge < -0.3 is 5.32 Å². The van der Waals surface area contributed by atoms with Gasteiger partial charge in [0.15, 0.2) is 0 Å². The van der Waals surface area contributed by atoms with Crippen LogP contribution in [0.5, 0.6) is 0 Å². The normalized spacial score (nSPS) is 11.9. The molecule has 0 aromatic carbocycles. The summed E-state index contributed by atoms with van der Waals surface area (Å²) >= 11 is 15.3. The molecule has 1 amide bonds. The van der Waals surface area contributed by atoms with Crippen molar-refractivity contribution in [3.63, 3.8) is 0 Å². The number of hydrogen-bond donors (Lipinski definition) is 1. The third kappa shape index (κ3) is 7.87. The highest BCUT2D eigenvalue weighted by atomic mass is 35.5. The van der Waals surface area contributed by atoms with Crippen molar-refractivity contribution in [2.45, 2.75) is 25.3 Å². The van der Waals surface area contributed by atoms with Gasteiger partial charge in [0.25, 0.3) is 0 Å². The van der Waals surface area contributed by atoms with Gasteiger partial charge in [0.05, 0.1) is 24.9 Å². The van der Waals surface area contributed by atoms with E-state index >= 15 is 0 Å². The number of nitrogens with one attached hydrogen (secondary N) is 1. The minimum absolute atomic E-state index is 0.00100. The summed E-state index contributed by atoms with van der Waals surface area (Å²) in [5.74, 6) is -0.443. The van der Waals surface area contributed by atoms with Gasteiger partial charge in [-0.2, -0.15) is 0 Å². The predicted octanol–water partition coefficient (Wildman–Crippen LogP) is 1.34. The van der Waals surface area contributed by atoms with Gasteiger partial charge >= 0.3 is 0 Å². The molecule has 0 spiro atoms. The van der Waals surface area contributed by atoms with Crippen molar-refractivity contribution in [1.82, 2.24) is 5.32 Å². The summed E-state index contributed by atoms with van der Waals surface area (Å²) < 4.78 is 4.17. The molecule has 0 aliphatic heterocycles. The van der Waals surface area contributed by atoms with Crippen molar-refractivity contribution < 1.29 is 18.7 Å². The second-order valence-electron chi connectivity index (χ2n) is 2.88. The van der Waals surface area contributed by atoms with Gasteiger partial charge in [-0.05, 0) is 29.6 Å². The Kier molecular flexibility index (Phi) is 8.56. The van der Waals surface area contributed by atoms with Gasteiger partial charge in [0.2, 0.25) is 16.4 Å². The molecule has 5 nitrogen and oxygen atoms in total. The summed E-state index contributed by atoms with van der Waals surface area (Å²) in [6, 6.07) is -0.924. The molecule has 8 heteroatoms. The van der Waals surface area contributed by atoms with Crippen LogP contribution in [0, 0.1) is 0 Å². The van der Waals surface area contributed by atoms with E-state index in [0.717, 1.165) is 0 Å². The van der Waals surface area contributed by atoms with Gasteiger partial charge in [-0.15, -0.1) is 0 Å². The molecule has 0 rings (SSSR count). The molecule has 0 heterocycles.